The Labute approximate surface area is 85.7 Å². The van der Waals surface area contributed by atoms with Crippen LogP contribution in [-0.4, -0.2) is 13.1 Å². The average Bonchev–Trinajstić information content (AvgIpc) is 2.30. The van der Waals surface area contributed by atoms with Gasteiger partial charge in [-0.25, -0.2) is 0 Å². The molecule has 1 aromatic carbocycles. The minimum Gasteiger partial charge on any atom is -0.372 e. The first kappa shape index (κ1) is 9.15. The Balaban J connectivity index is 2.12. The topological polar surface area (TPSA) is 3.24 Å². The first-order chi connectivity index (χ1) is 6.90. The Hall–Kier alpha value is -1.42. The van der Waals surface area contributed by atoms with Crippen molar-refractivity contribution in [2.75, 3.05) is 18.0 Å². The Kier molecular flexibility index (Phi) is 2.74. The fourth-order valence-corrected chi connectivity index (χ4v) is 1.92. The second kappa shape index (κ2) is 4.19. The highest BCUT2D eigenvalue weighted by atomic mass is 15.1. The molecule has 0 radical (unpaired) electrons. The molecule has 1 aliphatic heterocycles. The molecule has 1 fully saturated rings. The summed E-state index contributed by atoms with van der Waals surface area (Å²) in [5.74, 6) is 2.64. The summed E-state index contributed by atoms with van der Waals surface area (Å²) in [6.07, 6.45) is 9.32. The molecule has 0 saturated carbocycles. The third kappa shape index (κ3) is 1.90. The molecule has 0 amide bonds. The van der Waals surface area contributed by atoms with Gasteiger partial charge < -0.3 is 4.90 Å². The van der Waals surface area contributed by atoms with Crippen molar-refractivity contribution in [2.45, 2.75) is 19.3 Å². The first-order valence-electron chi connectivity index (χ1n) is 5.22. The lowest BCUT2D eigenvalue weighted by molar-refractivity contribution is 0.578. The summed E-state index contributed by atoms with van der Waals surface area (Å²) in [5.41, 5.74) is 2.27. The van der Waals surface area contributed by atoms with E-state index in [2.05, 4.69) is 23.0 Å². The predicted molar refractivity (Wildman–Crippen MR) is 60.4 cm³/mol. The van der Waals surface area contributed by atoms with Crippen molar-refractivity contribution in [3.8, 4) is 12.3 Å². The van der Waals surface area contributed by atoms with E-state index >= 15 is 0 Å². The molecule has 0 aromatic heterocycles. The molecule has 2 rings (SSSR count). The lowest BCUT2D eigenvalue weighted by atomic mass is 10.1. The number of hydrogen-bond donors (Lipinski definition) is 0. The first-order valence-corrected chi connectivity index (χ1v) is 5.22. The van der Waals surface area contributed by atoms with Gasteiger partial charge in [-0.1, -0.05) is 5.92 Å². The quantitative estimate of drug-likeness (QED) is 0.608. The summed E-state index contributed by atoms with van der Waals surface area (Å²) in [6, 6.07) is 8.29. The molecule has 1 aromatic rings. The molecule has 1 aliphatic rings. The van der Waals surface area contributed by atoms with Crippen molar-refractivity contribution in [3.05, 3.63) is 29.8 Å². The normalized spacial score (nSPS) is 16.4. The maximum atomic E-state index is 5.31. The highest BCUT2D eigenvalue weighted by molar-refractivity contribution is 5.50. The molecule has 1 nitrogen and oxygen atoms in total. The van der Waals surface area contributed by atoms with Crippen LogP contribution in [0.15, 0.2) is 24.3 Å². The summed E-state index contributed by atoms with van der Waals surface area (Å²) in [7, 11) is 0. The van der Waals surface area contributed by atoms with Gasteiger partial charge in [0, 0.05) is 24.3 Å². The van der Waals surface area contributed by atoms with Crippen LogP contribution in [0.2, 0.25) is 0 Å². The maximum Gasteiger partial charge on any atom is 0.0367 e. The number of terminal acetylenes is 1. The highest BCUT2D eigenvalue weighted by Gasteiger charge is 2.09. The Bertz CT molecular complexity index is 325. The minimum atomic E-state index is 0.964. The smallest absolute Gasteiger partial charge is 0.0367 e. The zero-order valence-electron chi connectivity index (χ0n) is 8.37. The van der Waals surface area contributed by atoms with Gasteiger partial charge in [0.2, 0.25) is 0 Å². The van der Waals surface area contributed by atoms with E-state index in [1.54, 1.807) is 0 Å². The van der Waals surface area contributed by atoms with Crippen LogP contribution >= 0.6 is 0 Å². The molecular weight excluding hydrogens is 170 g/mol. The molecule has 1 heterocycles. The Morgan fingerprint density at radius 2 is 1.64 bits per heavy atom. The predicted octanol–water partition coefficient (Wildman–Crippen LogP) is 2.66. The van der Waals surface area contributed by atoms with Gasteiger partial charge in [0.1, 0.15) is 0 Å². The van der Waals surface area contributed by atoms with Crippen LogP contribution in [0.4, 0.5) is 5.69 Å². The van der Waals surface area contributed by atoms with Crippen molar-refractivity contribution in [2.24, 2.45) is 0 Å². The van der Waals surface area contributed by atoms with E-state index < -0.39 is 0 Å². The Morgan fingerprint density at radius 1 is 1.00 bits per heavy atom. The van der Waals surface area contributed by atoms with E-state index in [0.717, 1.165) is 5.56 Å². The second-order valence-electron chi connectivity index (χ2n) is 3.74. The lowest BCUT2D eigenvalue weighted by Crippen LogP contribution is -2.29. The molecule has 0 spiro atoms. The summed E-state index contributed by atoms with van der Waals surface area (Å²) >= 11 is 0. The summed E-state index contributed by atoms with van der Waals surface area (Å²) in [4.78, 5) is 2.43. The maximum absolute atomic E-state index is 5.31. The SMILES string of the molecule is C#Cc1ccc(N2CCCCC2)cc1. The number of hydrogen-bond acceptors (Lipinski definition) is 1. The van der Waals surface area contributed by atoms with Gasteiger partial charge in [0.05, 0.1) is 0 Å². The van der Waals surface area contributed by atoms with Gasteiger partial charge in [0.25, 0.3) is 0 Å². The van der Waals surface area contributed by atoms with Gasteiger partial charge >= 0.3 is 0 Å². The van der Waals surface area contributed by atoms with Crippen molar-refractivity contribution >= 4 is 5.69 Å². The summed E-state index contributed by atoms with van der Waals surface area (Å²) < 4.78 is 0. The van der Waals surface area contributed by atoms with Crippen LogP contribution in [0.3, 0.4) is 0 Å². The monoisotopic (exact) mass is 185 g/mol. The molecule has 0 aliphatic carbocycles. The largest absolute Gasteiger partial charge is 0.372 e. The Morgan fingerprint density at radius 3 is 2.21 bits per heavy atom. The molecular formula is C13H15N. The van der Waals surface area contributed by atoms with E-state index in [4.69, 9.17) is 6.42 Å². The minimum absolute atomic E-state index is 0.964. The van der Waals surface area contributed by atoms with E-state index in [1.807, 2.05) is 12.1 Å². The third-order valence-electron chi connectivity index (χ3n) is 2.76. The zero-order chi connectivity index (χ0) is 9.80. The number of anilines is 1. The average molecular weight is 185 g/mol. The van der Waals surface area contributed by atoms with Crippen LogP contribution in [-0.2, 0) is 0 Å². The molecule has 14 heavy (non-hydrogen) atoms. The van der Waals surface area contributed by atoms with Crippen molar-refractivity contribution in [1.29, 1.82) is 0 Å². The molecule has 72 valence electrons. The van der Waals surface area contributed by atoms with Crippen LogP contribution in [0.25, 0.3) is 0 Å². The summed E-state index contributed by atoms with van der Waals surface area (Å²) in [5, 5.41) is 0. The van der Waals surface area contributed by atoms with E-state index in [1.165, 1.54) is 38.0 Å². The number of benzene rings is 1. The number of piperidine rings is 1. The van der Waals surface area contributed by atoms with Crippen LogP contribution in [0.1, 0.15) is 24.8 Å². The highest BCUT2D eigenvalue weighted by Crippen LogP contribution is 2.19. The van der Waals surface area contributed by atoms with Crippen LogP contribution in [0.5, 0.6) is 0 Å². The van der Waals surface area contributed by atoms with Crippen molar-refractivity contribution in [3.63, 3.8) is 0 Å². The fraction of sp³-hybridized carbons (Fsp3) is 0.385. The molecule has 1 saturated heterocycles. The van der Waals surface area contributed by atoms with Crippen molar-refractivity contribution in [1.82, 2.24) is 0 Å². The van der Waals surface area contributed by atoms with Crippen molar-refractivity contribution < 1.29 is 0 Å². The number of nitrogens with zero attached hydrogens (tertiary/aromatic N) is 1. The van der Waals surface area contributed by atoms with Gasteiger partial charge in [-0.2, -0.15) is 0 Å². The molecule has 1 heteroatoms. The molecule has 0 atom stereocenters. The van der Waals surface area contributed by atoms with Gasteiger partial charge in [-0.15, -0.1) is 6.42 Å². The van der Waals surface area contributed by atoms with E-state index in [9.17, 15) is 0 Å². The standard InChI is InChI=1S/C13H15N/c1-2-12-6-8-13(9-7-12)14-10-4-3-5-11-14/h1,6-9H,3-5,10-11H2. The third-order valence-corrected chi connectivity index (χ3v) is 2.76. The number of rotatable bonds is 1. The van der Waals surface area contributed by atoms with E-state index in [0.29, 0.717) is 0 Å². The van der Waals surface area contributed by atoms with Crippen LogP contribution < -0.4 is 4.90 Å². The lowest BCUT2D eigenvalue weighted by Gasteiger charge is -2.28. The van der Waals surface area contributed by atoms with Gasteiger partial charge in [-0.05, 0) is 43.5 Å². The summed E-state index contributed by atoms with van der Waals surface area (Å²) in [6.45, 7) is 2.38. The van der Waals surface area contributed by atoms with E-state index in [-0.39, 0.29) is 0 Å². The van der Waals surface area contributed by atoms with Gasteiger partial charge in [0.15, 0.2) is 0 Å². The second-order valence-corrected chi connectivity index (χ2v) is 3.74. The molecule has 0 unspecified atom stereocenters. The zero-order valence-corrected chi connectivity index (χ0v) is 8.37. The molecule has 0 N–H and O–H groups in total. The van der Waals surface area contributed by atoms with Crippen LogP contribution in [0, 0.1) is 12.3 Å². The molecule has 0 bridgehead atoms. The van der Waals surface area contributed by atoms with Gasteiger partial charge in [-0.3, -0.25) is 0 Å². The fourth-order valence-electron chi connectivity index (χ4n) is 1.92.